The van der Waals surface area contributed by atoms with E-state index in [-0.39, 0.29) is 18.0 Å². The summed E-state index contributed by atoms with van der Waals surface area (Å²) in [6.07, 6.45) is -4.46. The lowest BCUT2D eigenvalue weighted by molar-refractivity contribution is -0.137. The van der Waals surface area contributed by atoms with Crippen LogP contribution in [-0.4, -0.2) is 73.6 Å². The van der Waals surface area contributed by atoms with Crippen molar-refractivity contribution in [3.63, 3.8) is 0 Å². The van der Waals surface area contributed by atoms with E-state index in [2.05, 4.69) is 10.6 Å². The first-order chi connectivity index (χ1) is 16.7. The predicted octanol–water partition coefficient (Wildman–Crippen LogP) is 2.58. The topological polar surface area (TPSA) is 100 Å². The molecule has 2 aromatic rings. The normalized spacial score (nSPS) is 15.9. The molecule has 2 heterocycles. The fourth-order valence-corrected chi connectivity index (χ4v) is 3.75. The first-order valence-corrected chi connectivity index (χ1v) is 10.9. The third-order valence-electron chi connectivity index (χ3n) is 5.54. The molecule has 0 atom stereocenters. The van der Waals surface area contributed by atoms with Gasteiger partial charge in [0.1, 0.15) is 13.2 Å². The summed E-state index contributed by atoms with van der Waals surface area (Å²) in [6, 6.07) is 8.28. The van der Waals surface area contributed by atoms with Crippen LogP contribution in [0.4, 0.5) is 23.7 Å². The maximum Gasteiger partial charge on any atom is 0.416 e. The second-order valence-electron chi connectivity index (χ2n) is 8.00. The van der Waals surface area contributed by atoms with Crippen LogP contribution in [0.2, 0.25) is 0 Å². The zero-order valence-corrected chi connectivity index (χ0v) is 18.6. The quantitative estimate of drug-likeness (QED) is 0.681. The van der Waals surface area contributed by atoms with Gasteiger partial charge in [0.25, 0.3) is 5.91 Å². The molecule has 0 unspecified atom stereocenters. The fourth-order valence-electron chi connectivity index (χ4n) is 3.75. The molecule has 12 heteroatoms. The zero-order chi connectivity index (χ0) is 25.0. The van der Waals surface area contributed by atoms with Gasteiger partial charge in [-0.25, -0.2) is 4.79 Å². The highest BCUT2D eigenvalue weighted by Gasteiger charge is 2.31. The maximum atomic E-state index is 12.7. The number of carbonyl (C=O) groups is 3. The van der Waals surface area contributed by atoms with Gasteiger partial charge < -0.3 is 19.7 Å². The predicted molar refractivity (Wildman–Crippen MR) is 118 cm³/mol. The number of carbonyl (C=O) groups excluding carboxylic acids is 3. The van der Waals surface area contributed by atoms with E-state index in [4.69, 9.17) is 9.47 Å². The number of fused-ring (bicyclic) bond motifs is 1. The average molecular weight is 492 g/mol. The molecule has 1 fully saturated rings. The number of hydrogen-bond acceptors (Lipinski definition) is 6. The van der Waals surface area contributed by atoms with Gasteiger partial charge in [-0.05, 0) is 36.4 Å². The van der Waals surface area contributed by atoms with Crippen LogP contribution in [0.15, 0.2) is 42.5 Å². The highest BCUT2D eigenvalue weighted by atomic mass is 19.4. The number of amides is 4. The van der Waals surface area contributed by atoms with Gasteiger partial charge in [0, 0.05) is 43.5 Å². The number of urea groups is 1. The molecule has 9 nitrogen and oxygen atoms in total. The largest absolute Gasteiger partial charge is 0.486 e. The van der Waals surface area contributed by atoms with Crippen LogP contribution >= 0.6 is 0 Å². The minimum absolute atomic E-state index is 0.0448. The van der Waals surface area contributed by atoms with Crippen LogP contribution in [0.1, 0.15) is 15.9 Å². The third kappa shape index (κ3) is 6.21. The summed E-state index contributed by atoms with van der Waals surface area (Å²) in [5.41, 5.74) is -0.210. The van der Waals surface area contributed by atoms with Crippen molar-refractivity contribution in [2.75, 3.05) is 51.3 Å². The Labute approximate surface area is 198 Å². The Morgan fingerprint density at radius 3 is 2.20 bits per heavy atom. The molecule has 4 rings (SSSR count). The standard InChI is InChI=1S/C23H23F3N4O5/c24-23(25,26)16-3-1-15(2-4-16)21(32)30-9-7-29(8-10-30)14-20(31)28-22(33)27-17-5-6-18-19(13-17)35-12-11-34-18/h1-6,13H,7-12,14H2,(H2,27,28,31,33). The number of alkyl halides is 3. The summed E-state index contributed by atoms with van der Waals surface area (Å²) in [4.78, 5) is 40.3. The first-order valence-electron chi connectivity index (χ1n) is 10.9. The van der Waals surface area contributed by atoms with E-state index in [0.717, 1.165) is 24.3 Å². The monoisotopic (exact) mass is 492 g/mol. The Morgan fingerprint density at radius 1 is 0.886 bits per heavy atom. The Balaban J connectivity index is 1.21. The van der Waals surface area contributed by atoms with Gasteiger partial charge in [-0.3, -0.25) is 19.8 Å². The molecular formula is C23H23F3N4O5. The molecule has 4 amide bonds. The lowest BCUT2D eigenvalue weighted by Gasteiger charge is -2.34. The van der Waals surface area contributed by atoms with E-state index in [1.807, 2.05) is 0 Å². The molecule has 0 radical (unpaired) electrons. The summed E-state index contributed by atoms with van der Waals surface area (Å²) < 4.78 is 49.0. The fraction of sp³-hybridized carbons (Fsp3) is 0.348. The first kappa shape index (κ1) is 24.3. The van der Waals surface area contributed by atoms with E-state index in [9.17, 15) is 27.6 Å². The summed E-state index contributed by atoms with van der Waals surface area (Å²) in [7, 11) is 0. The molecule has 35 heavy (non-hydrogen) atoms. The lowest BCUT2D eigenvalue weighted by Crippen LogP contribution is -2.51. The Hall–Kier alpha value is -3.80. The van der Waals surface area contributed by atoms with Crippen molar-refractivity contribution in [2.24, 2.45) is 0 Å². The average Bonchev–Trinajstić information content (AvgIpc) is 2.83. The SMILES string of the molecule is O=C(CN1CCN(C(=O)c2ccc(C(F)(F)F)cc2)CC1)NC(=O)Nc1ccc2c(c1)OCCO2. The van der Waals surface area contributed by atoms with Crippen molar-refractivity contribution in [3.8, 4) is 11.5 Å². The Bertz CT molecular complexity index is 1100. The number of piperazine rings is 1. The van der Waals surface area contributed by atoms with Crippen LogP contribution in [0.3, 0.4) is 0 Å². The summed E-state index contributed by atoms with van der Waals surface area (Å²) >= 11 is 0. The van der Waals surface area contributed by atoms with Crippen LogP contribution < -0.4 is 20.1 Å². The smallest absolute Gasteiger partial charge is 0.416 e. The highest BCUT2D eigenvalue weighted by Crippen LogP contribution is 2.32. The zero-order valence-electron chi connectivity index (χ0n) is 18.6. The number of rotatable bonds is 4. The Kier molecular flexibility index (Phi) is 7.10. The van der Waals surface area contributed by atoms with Crippen molar-refractivity contribution in [1.29, 1.82) is 0 Å². The second kappa shape index (κ2) is 10.2. The van der Waals surface area contributed by atoms with Gasteiger partial charge in [0.2, 0.25) is 5.91 Å². The Morgan fingerprint density at radius 2 is 1.54 bits per heavy atom. The molecule has 2 aliphatic heterocycles. The number of anilines is 1. The van der Waals surface area contributed by atoms with E-state index >= 15 is 0 Å². The van der Waals surface area contributed by atoms with Gasteiger partial charge in [-0.2, -0.15) is 13.2 Å². The molecule has 1 saturated heterocycles. The van der Waals surface area contributed by atoms with Crippen molar-refractivity contribution >= 4 is 23.5 Å². The van der Waals surface area contributed by atoms with Crippen LogP contribution in [0.25, 0.3) is 0 Å². The molecule has 2 aliphatic rings. The van der Waals surface area contributed by atoms with Crippen LogP contribution in [0, 0.1) is 0 Å². The van der Waals surface area contributed by atoms with E-state index in [1.54, 1.807) is 23.1 Å². The minimum Gasteiger partial charge on any atom is -0.486 e. The van der Waals surface area contributed by atoms with Gasteiger partial charge in [0.15, 0.2) is 11.5 Å². The van der Waals surface area contributed by atoms with E-state index < -0.39 is 23.7 Å². The minimum atomic E-state index is -4.46. The van der Waals surface area contributed by atoms with Crippen molar-refractivity contribution in [2.45, 2.75) is 6.18 Å². The molecule has 0 saturated carbocycles. The highest BCUT2D eigenvalue weighted by molar-refractivity contribution is 6.02. The maximum absolute atomic E-state index is 12.7. The number of halogens is 3. The number of benzene rings is 2. The van der Waals surface area contributed by atoms with Crippen molar-refractivity contribution < 1.29 is 37.0 Å². The summed E-state index contributed by atoms with van der Waals surface area (Å²) in [5, 5.41) is 4.82. The second-order valence-corrected chi connectivity index (χ2v) is 8.00. The molecule has 186 valence electrons. The molecule has 0 aliphatic carbocycles. The number of hydrogen-bond donors (Lipinski definition) is 2. The molecule has 2 N–H and O–H groups in total. The lowest BCUT2D eigenvalue weighted by atomic mass is 10.1. The molecule has 0 aromatic heterocycles. The molecular weight excluding hydrogens is 469 g/mol. The van der Waals surface area contributed by atoms with Crippen molar-refractivity contribution in [1.82, 2.24) is 15.1 Å². The molecule has 0 spiro atoms. The van der Waals surface area contributed by atoms with Gasteiger partial charge in [-0.15, -0.1) is 0 Å². The number of nitrogens with zero attached hydrogens (tertiary/aromatic N) is 2. The molecule has 2 aromatic carbocycles. The summed E-state index contributed by atoms with van der Waals surface area (Å²) in [6.45, 7) is 2.17. The third-order valence-corrected chi connectivity index (χ3v) is 5.54. The van der Waals surface area contributed by atoms with Crippen molar-refractivity contribution in [3.05, 3.63) is 53.6 Å². The van der Waals surface area contributed by atoms with Crippen LogP contribution in [-0.2, 0) is 11.0 Å². The van der Waals surface area contributed by atoms with Gasteiger partial charge in [-0.1, -0.05) is 0 Å². The van der Waals surface area contributed by atoms with Gasteiger partial charge in [0.05, 0.1) is 12.1 Å². The number of nitrogens with one attached hydrogen (secondary N) is 2. The van der Waals surface area contributed by atoms with Gasteiger partial charge >= 0.3 is 12.2 Å². The van der Waals surface area contributed by atoms with E-state index in [1.165, 1.54) is 4.90 Å². The number of ether oxygens (including phenoxy) is 2. The number of imide groups is 1. The van der Waals surface area contributed by atoms with E-state index in [0.29, 0.717) is 56.6 Å². The summed E-state index contributed by atoms with van der Waals surface area (Å²) in [5.74, 6) is 0.197. The van der Waals surface area contributed by atoms with Crippen LogP contribution in [0.5, 0.6) is 11.5 Å². The molecule has 0 bridgehead atoms.